The number of anilines is 1. The molecule has 6 heteroatoms. The van der Waals surface area contributed by atoms with Crippen molar-refractivity contribution in [2.24, 2.45) is 0 Å². The molecule has 3 heterocycles. The molecule has 4 nitrogen and oxygen atoms in total. The lowest BCUT2D eigenvalue weighted by atomic mass is 9.90. The number of rotatable bonds is 5. The van der Waals surface area contributed by atoms with E-state index in [0.29, 0.717) is 28.6 Å². The summed E-state index contributed by atoms with van der Waals surface area (Å²) < 4.78 is 15.1. The Bertz CT molecular complexity index is 1320. The number of pyridine rings is 1. The maximum atomic E-state index is 15.1. The molecule has 0 radical (unpaired) electrons. The number of hydrogen-bond acceptors (Lipinski definition) is 3. The highest BCUT2D eigenvalue weighted by Crippen LogP contribution is 2.39. The van der Waals surface area contributed by atoms with E-state index in [1.807, 2.05) is 24.3 Å². The monoisotopic (exact) mass is 490 g/mol. The van der Waals surface area contributed by atoms with Crippen molar-refractivity contribution in [3.8, 4) is 11.1 Å². The summed E-state index contributed by atoms with van der Waals surface area (Å²) in [5.74, 6) is 0.129. The van der Waals surface area contributed by atoms with E-state index in [2.05, 4.69) is 59.2 Å². The molecule has 2 aromatic heterocycles. The standard InChI is InChI=1S/C29H32ClFN4/c1-29(2,3)35-13-11-20(12-14-35)26-16-23-27(24(30)18-33-28(23)34-26)22-15-21(9-10-25(22)31)32-17-19-7-5-4-6-8-19/h4-10,15-16,18,20,32H,11-14,17H2,1-3H3,(H,33,34). The number of H-pyrrole nitrogens is 1. The molecule has 1 aliphatic heterocycles. The molecule has 0 spiro atoms. The summed E-state index contributed by atoms with van der Waals surface area (Å²) in [4.78, 5) is 10.6. The molecule has 4 aromatic rings. The van der Waals surface area contributed by atoms with Crippen LogP contribution in [0.2, 0.25) is 5.02 Å². The SMILES string of the molecule is CC(C)(C)N1CCC(c2cc3c(-c4cc(NCc5ccccc5)ccc4F)c(Cl)cnc3[nH]2)CC1. The van der Waals surface area contributed by atoms with Crippen molar-refractivity contribution in [3.63, 3.8) is 0 Å². The summed E-state index contributed by atoms with van der Waals surface area (Å²) in [7, 11) is 0. The van der Waals surface area contributed by atoms with E-state index in [1.54, 1.807) is 12.3 Å². The Balaban J connectivity index is 1.44. The Kier molecular flexibility index (Phi) is 6.56. The van der Waals surface area contributed by atoms with Gasteiger partial charge in [0.2, 0.25) is 0 Å². The first-order valence-electron chi connectivity index (χ1n) is 12.3. The van der Waals surface area contributed by atoms with Gasteiger partial charge in [0.15, 0.2) is 0 Å². The molecule has 182 valence electrons. The summed E-state index contributed by atoms with van der Waals surface area (Å²) >= 11 is 6.63. The van der Waals surface area contributed by atoms with E-state index in [1.165, 1.54) is 6.07 Å². The highest BCUT2D eigenvalue weighted by Gasteiger charge is 2.29. The molecule has 35 heavy (non-hydrogen) atoms. The largest absolute Gasteiger partial charge is 0.381 e. The van der Waals surface area contributed by atoms with Crippen molar-refractivity contribution >= 4 is 28.3 Å². The molecular formula is C29H32ClFN4. The fraction of sp³-hybridized carbons (Fsp3) is 0.345. The Hall–Kier alpha value is -2.89. The zero-order valence-electron chi connectivity index (χ0n) is 20.5. The summed E-state index contributed by atoms with van der Waals surface area (Å²) in [6.45, 7) is 9.60. The minimum atomic E-state index is -0.300. The third-order valence-corrected chi connectivity index (χ3v) is 7.38. The van der Waals surface area contributed by atoms with Gasteiger partial charge in [-0.25, -0.2) is 9.37 Å². The molecule has 0 aliphatic carbocycles. The van der Waals surface area contributed by atoms with Crippen LogP contribution in [0.3, 0.4) is 0 Å². The number of piperidine rings is 1. The van der Waals surface area contributed by atoms with Crippen LogP contribution in [0, 0.1) is 5.82 Å². The summed E-state index contributed by atoms with van der Waals surface area (Å²) in [6.07, 6.45) is 3.78. The Morgan fingerprint density at radius 2 is 1.83 bits per heavy atom. The fourth-order valence-electron chi connectivity index (χ4n) is 5.05. The van der Waals surface area contributed by atoms with Crippen molar-refractivity contribution in [1.29, 1.82) is 0 Å². The minimum Gasteiger partial charge on any atom is -0.381 e. The normalized spacial score (nSPS) is 15.6. The van der Waals surface area contributed by atoms with Crippen molar-refractivity contribution < 1.29 is 4.39 Å². The predicted octanol–water partition coefficient (Wildman–Crippen LogP) is 7.61. The Morgan fingerprint density at radius 1 is 1.09 bits per heavy atom. The molecule has 0 amide bonds. The Morgan fingerprint density at radius 3 is 2.54 bits per heavy atom. The lowest BCUT2D eigenvalue weighted by Gasteiger charge is -2.40. The van der Waals surface area contributed by atoms with E-state index in [4.69, 9.17) is 11.6 Å². The first-order chi connectivity index (χ1) is 16.8. The van der Waals surface area contributed by atoms with E-state index >= 15 is 4.39 Å². The molecule has 1 aliphatic rings. The summed E-state index contributed by atoms with van der Waals surface area (Å²) in [5.41, 5.74) is 5.26. The molecule has 2 N–H and O–H groups in total. The third-order valence-electron chi connectivity index (χ3n) is 7.09. The van der Waals surface area contributed by atoms with Gasteiger partial charge in [0, 0.05) is 52.1 Å². The average Bonchev–Trinajstić information content (AvgIpc) is 3.28. The number of hydrogen-bond donors (Lipinski definition) is 2. The summed E-state index contributed by atoms with van der Waals surface area (Å²) in [5, 5.41) is 4.72. The maximum absolute atomic E-state index is 15.1. The van der Waals surface area contributed by atoms with Crippen LogP contribution in [0.4, 0.5) is 10.1 Å². The zero-order valence-corrected chi connectivity index (χ0v) is 21.3. The number of aromatic amines is 1. The molecule has 1 fully saturated rings. The number of likely N-dealkylation sites (tertiary alicyclic amines) is 1. The lowest BCUT2D eigenvalue weighted by molar-refractivity contribution is 0.102. The van der Waals surface area contributed by atoms with Gasteiger partial charge in [-0.3, -0.25) is 4.90 Å². The molecule has 2 aromatic carbocycles. The van der Waals surface area contributed by atoms with Crippen LogP contribution in [0.1, 0.15) is 50.8 Å². The molecule has 0 atom stereocenters. The molecule has 0 saturated carbocycles. The van der Waals surface area contributed by atoms with E-state index in [-0.39, 0.29) is 11.4 Å². The van der Waals surface area contributed by atoms with Gasteiger partial charge in [-0.15, -0.1) is 0 Å². The second kappa shape index (κ2) is 9.63. The Labute approximate surface area is 211 Å². The van der Waals surface area contributed by atoms with Crippen LogP contribution in [0.15, 0.2) is 60.8 Å². The van der Waals surface area contributed by atoms with Crippen molar-refractivity contribution in [3.05, 3.63) is 82.9 Å². The highest BCUT2D eigenvalue weighted by atomic mass is 35.5. The lowest BCUT2D eigenvalue weighted by Crippen LogP contribution is -2.45. The molecule has 1 saturated heterocycles. The van der Waals surface area contributed by atoms with Gasteiger partial charge in [-0.2, -0.15) is 0 Å². The van der Waals surface area contributed by atoms with E-state index in [9.17, 15) is 0 Å². The first kappa shape index (κ1) is 23.8. The fourth-order valence-corrected chi connectivity index (χ4v) is 5.30. The smallest absolute Gasteiger partial charge is 0.138 e. The van der Waals surface area contributed by atoms with Gasteiger partial charge in [0.25, 0.3) is 0 Å². The van der Waals surface area contributed by atoms with Gasteiger partial charge in [0.1, 0.15) is 11.5 Å². The third kappa shape index (κ3) is 5.07. The molecule has 0 unspecified atom stereocenters. The summed E-state index contributed by atoms with van der Waals surface area (Å²) in [6, 6.07) is 17.4. The topological polar surface area (TPSA) is 44.0 Å². The number of nitrogens with one attached hydrogen (secondary N) is 2. The van der Waals surface area contributed by atoms with E-state index in [0.717, 1.165) is 53.9 Å². The second-order valence-corrected chi connectivity index (χ2v) is 10.8. The van der Waals surface area contributed by atoms with Crippen LogP contribution < -0.4 is 5.32 Å². The number of halogens is 2. The zero-order chi connectivity index (χ0) is 24.6. The average molecular weight is 491 g/mol. The highest BCUT2D eigenvalue weighted by molar-refractivity contribution is 6.34. The molecule has 0 bridgehead atoms. The van der Waals surface area contributed by atoms with Gasteiger partial charge < -0.3 is 10.3 Å². The number of fused-ring (bicyclic) bond motifs is 1. The molecule has 5 rings (SSSR count). The maximum Gasteiger partial charge on any atom is 0.138 e. The van der Waals surface area contributed by atoms with Gasteiger partial charge >= 0.3 is 0 Å². The number of aromatic nitrogens is 2. The molecular weight excluding hydrogens is 459 g/mol. The predicted molar refractivity (Wildman–Crippen MR) is 144 cm³/mol. The van der Waals surface area contributed by atoms with Crippen molar-refractivity contribution in [2.75, 3.05) is 18.4 Å². The van der Waals surface area contributed by atoms with Gasteiger partial charge in [-0.05, 0) is 76.5 Å². The van der Waals surface area contributed by atoms with Crippen LogP contribution in [0.5, 0.6) is 0 Å². The number of benzene rings is 2. The number of nitrogens with zero attached hydrogens (tertiary/aromatic N) is 2. The van der Waals surface area contributed by atoms with Crippen molar-refractivity contribution in [1.82, 2.24) is 14.9 Å². The second-order valence-electron chi connectivity index (χ2n) is 10.4. The quantitative estimate of drug-likeness (QED) is 0.302. The minimum absolute atomic E-state index is 0.185. The van der Waals surface area contributed by atoms with Crippen LogP contribution in [0.25, 0.3) is 22.2 Å². The van der Waals surface area contributed by atoms with Crippen LogP contribution in [-0.2, 0) is 6.54 Å². The first-order valence-corrected chi connectivity index (χ1v) is 12.7. The van der Waals surface area contributed by atoms with E-state index < -0.39 is 0 Å². The van der Waals surface area contributed by atoms with Crippen LogP contribution >= 0.6 is 11.6 Å². The van der Waals surface area contributed by atoms with Crippen LogP contribution in [-0.4, -0.2) is 33.5 Å². The van der Waals surface area contributed by atoms with Gasteiger partial charge in [-0.1, -0.05) is 41.9 Å². The van der Waals surface area contributed by atoms with Gasteiger partial charge in [0.05, 0.1) is 5.02 Å². The van der Waals surface area contributed by atoms with Crippen molar-refractivity contribution in [2.45, 2.75) is 51.6 Å².